The highest BCUT2D eigenvalue weighted by Gasteiger charge is 2.16. The van der Waals surface area contributed by atoms with Crippen LogP contribution in [-0.4, -0.2) is 4.74 Å². The third-order valence-electron chi connectivity index (χ3n) is 3.02. The highest BCUT2D eigenvalue weighted by atomic mass is 16.5. The second-order valence-electron chi connectivity index (χ2n) is 4.48. The number of benzene rings is 2. The van der Waals surface area contributed by atoms with Crippen LogP contribution in [0.2, 0.25) is 0 Å². The smallest absolute Gasteiger partial charge is 0.334 e. The van der Waals surface area contributed by atoms with E-state index in [1.807, 2.05) is 60.7 Å². The lowest BCUT2D eigenvalue weighted by atomic mass is 10.1. The lowest BCUT2D eigenvalue weighted by molar-refractivity contribution is 0.289. The summed E-state index contributed by atoms with van der Waals surface area (Å²) in [6, 6.07) is 18.7. The van der Waals surface area contributed by atoms with E-state index in [1.54, 1.807) is 7.05 Å². The molecule has 0 aliphatic heterocycles. The molecule has 3 rings (SSSR count). The molecule has 3 aromatic rings. The fourth-order valence-corrected chi connectivity index (χ4v) is 2.06. The molecule has 0 saturated heterocycles. The molecule has 2 aromatic carbocycles. The average molecular weight is 279 g/mol. The van der Waals surface area contributed by atoms with E-state index in [2.05, 4.69) is 10.2 Å². The number of hydrogen-bond acceptors (Lipinski definition) is 4. The molecule has 0 atom stereocenters. The summed E-state index contributed by atoms with van der Waals surface area (Å²) >= 11 is 0. The monoisotopic (exact) mass is 279 g/mol. The van der Waals surface area contributed by atoms with Crippen molar-refractivity contribution in [1.82, 2.24) is 4.74 Å². The predicted molar refractivity (Wildman–Crippen MR) is 80.0 cm³/mol. The largest absolute Gasteiger partial charge is 0.385 e. The number of hydrogen-bond donors (Lipinski definition) is 0. The van der Waals surface area contributed by atoms with Crippen LogP contribution in [0.25, 0.3) is 11.3 Å². The summed E-state index contributed by atoms with van der Waals surface area (Å²) in [7, 11) is 1.67. The second kappa shape index (κ2) is 5.58. The predicted octanol–water partition coefficient (Wildman–Crippen LogP) is 4.06. The molecule has 0 radical (unpaired) electrons. The van der Waals surface area contributed by atoms with Crippen molar-refractivity contribution in [1.29, 1.82) is 0 Å². The first-order valence-corrected chi connectivity index (χ1v) is 6.48. The molecule has 5 nitrogen and oxygen atoms in total. The first-order chi connectivity index (χ1) is 10.3. The zero-order valence-electron chi connectivity index (χ0n) is 11.4. The van der Waals surface area contributed by atoms with Crippen LogP contribution in [0, 0.1) is 0 Å². The summed E-state index contributed by atoms with van der Waals surface area (Å²) in [5.74, 6) is 0. The number of nitrogens with zero attached hydrogens (tertiary/aromatic N) is 3. The minimum Gasteiger partial charge on any atom is -0.334 e. The zero-order valence-corrected chi connectivity index (χ0v) is 11.4. The summed E-state index contributed by atoms with van der Waals surface area (Å²) in [4.78, 5) is 11.9. The van der Waals surface area contributed by atoms with Gasteiger partial charge in [0, 0.05) is 12.6 Å². The van der Waals surface area contributed by atoms with E-state index in [9.17, 15) is 4.79 Å². The minimum absolute atomic E-state index is 0.201. The maximum absolute atomic E-state index is 11.9. The van der Waals surface area contributed by atoms with Crippen LogP contribution in [0.5, 0.6) is 0 Å². The fraction of sp³-hybridized carbons (Fsp3) is 0.0625. The lowest BCUT2D eigenvalue weighted by Crippen LogP contribution is -1.91. The Morgan fingerprint density at radius 3 is 2.19 bits per heavy atom. The molecular formula is C16H13N3O2. The first kappa shape index (κ1) is 13.1. The van der Waals surface area contributed by atoms with E-state index in [0.717, 1.165) is 5.56 Å². The molecular weight excluding hydrogens is 266 g/mol. The van der Waals surface area contributed by atoms with Gasteiger partial charge >= 0.3 is 5.63 Å². The number of rotatable bonds is 3. The van der Waals surface area contributed by atoms with Gasteiger partial charge in [0.05, 0.1) is 5.69 Å². The Kier molecular flexibility index (Phi) is 3.47. The molecule has 5 heteroatoms. The minimum atomic E-state index is -0.504. The van der Waals surface area contributed by atoms with Crippen molar-refractivity contribution in [2.24, 2.45) is 17.3 Å². The van der Waals surface area contributed by atoms with Crippen molar-refractivity contribution in [3.8, 4) is 11.3 Å². The van der Waals surface area contributed by atoms with E-state index in [-0.39, 0.29) is 5.69 Å². The van der Waals surface area contributed by atoms with Gasteiger partial charge in [-0.2, -0.15) is 5.11 Å². The van der Waals surface area contributed by atoms with E-state index >= 15 is 0 Å². The molecule has 0 spiro atoms. The Labute approximate surface area is 121 Å². The molecule has 0 bridgehead atoms. The molecule has 0 aliphatic rings. The van der Waals surface area contributed by atoms with Crippen LogP contribution in [0.1, 0.15) is 0 Å². The highest BCUT2D eigenvalue weighted by molar-refractivity contribution is 5.71. The van der Waals surface area contributed by atoms with E-state index in [4.69, 9.17) is 4.52 Å². The Hall–Kier alpha value is -2.95. The van der Waals surface area contributed by atoms with Gasteiger partial charge in [-0.15, -0.1) is 5.11 Å². The molecule has 1 heterocycles. The Morgan fingerprint density at radius 2 is 1.52 bits per heavy atom. The number of aromatic nitrogens is 1. The average Bonchev–Trinajstić information content (AvgIpc) is 2.81. The van der Waals surface area contributed by atoms with Crippen LogP contribution in [0.3, 0.4) is 0 Å². The molecule has 0 unspecified atom stereocenters. The molecule has 0 fully saturated rings. The van der Waals surface area contributed by atoms with Gasteiger partial charge in [-0.05, 0) is 12.1 Å². The van der Waals surface area contributed by atoms with Crippen molar-refractivity contribution >= 4 is 11.4 Å². The second-order valence-corrected chi connectivity index (χ2v) is 4.48. The summed E-state index contributed by atoms with van der Waals surface area (Å²) in [6.45, 7) is 0. The molecule has 1 aromatic heterocycles. The Bertz CT molecular complexity index is 818. The third-order valence-corrected chi connectivity index (χ3v) is 3.02. The lowest BCUT2D eigenvalue weighted by Gasteiger charge is -2.00. The van der Waals surface area contributed by atoms with Gasteiger partial charge < -0.3 is 4.52 Å². The summed E-state index contributed by atoms with van der Waals surface area (Å²) in [5, 5.41) is 8.16. The molecule has 21 heavy (non-hydrogen) atoms. The van der Waals surface area contributed by atoms with Crippen molar-refractivity contribution < 1.29 is 4.52 Å². The maximum atomic E-state index is 11.9. The number of aryl methyl sites for hydroxylation is 1. The SMILES string of the molecule is Cn1oc(=O)c(N=Nc2ccccc2)c1-c1ccccc1. The van der Waals surface area contributed by atoms with E-state index in [1.165, 1.54) is 4.74 Å². The van der Waals surface area contributed by atoms with Crippen LogP contribution < -0.4 is 5.63 Å². The molecule has 0 amide bonds. The summed E-state index contributed by atoms with van der Waals surface area (Å²) < 4.78 is 6.51. The van der Waals surface area contributed by atoms with Gasteiger partial charge in [0.2, 0.25) is 0 Å². The van der Waals surface area contributed by atoms with Crippen molar-refractivity contribution in [2.75, 3.05) is 0 Å². The Morgan fingerprint density at radius 1 is 0.905 bits per heavy atom. The third kappa shape index (κ3) is 2.67. The van der Waals surface area contributed by atoms with Gasteiger partial charge in [-0.3, -0.25) is 0 Å². The van der Waals surface area contributed by atoms with Gasteiger partial charge in [-0.25, -0.2) is 9.53 Å². The Balaban J connectivity index is 2.07. The van der Waals surface area contributed by atoms with Crippen LogP contribution in [-0.2, 0) is 7.05 Å². The van der Waals surface area contributed by atoms with Crippen molar-refractivity contribution in [3.05, 3.63) is 71.1 Å². The molecule has 0 N–H and O–H groups in total. The van der Waals surface area contributed by atoms with Gasteiger partial charge in [-0.1, -0.05) is 48.5 Å². The van der Waals surface area contributed by atoms with Crippen LogP contribution in [0.4, 0.5) is 11.4 Å². The van der Waals surface area contributed by atoms with Crippen LogP contribution >= 0.6 is 0 Å². The van der Waals surface area contributed by atoms with Crippen LogP contribution in [0.15, 0.2) is 80.2 Å². The first-order valence-electron chi connectivity index (χ1n) is 6.48. The molecule has 104 valence electrons. The molecule has 0 aliphatic carbocycles. The van der Waals surface area contributed by atoms with Gasteiger partial charge in [0.15, 0.2) is 5.69 Å². The maximum Gasteiger partial charge on any atom is 0.385 e. The highest BCUT2D eigenvalue weighted by Crippen LogP contribution is 2.28. The molecule has 0 saturated carbocycles. The van der Waals surface area contributed by atoms with Crippen molar-refractivity contribution in [3.63, 3.8) is 0 Å². The zero-order chi connectivity index (χ0) is 14.7. The standard InChI is InChI=1S/C16H13N3O2/c1-19-15(12-8-4-2-5-9-12)14(16(20)21-19)18-17-13-10-6-3-7-11-13/h2-11H,1H3. The summed E-state index contributed by atoms with van der Waals surface area (Å²) in [6.07, 6.45) is 0. The fourth-order valence-electron chi connectivity index (χ4n) is 2.06. The van der Waals surface area contributed by atoms with E-state index in [0.29, 0.717) is 11.4 Å². The topological polar surface area (TPSA) is 59.9 Å². The number of azo groups is 1. The van der Waals surface area contributed by atoms with E-state index < -0.39 is 5.63 Å². The van der Waals surface area contributed by atoms with Gasteiger partial charge in [0.25, 0.3) is 0 Å². The normalized spacial score (nSPS) is 11.1. The van der Waals surface area contributed by atoms with Crippen molar-refractivity contribution in [2.45, 2.75) is 0 Å². The summed E-state index contributed by atoms with van der Waals surface area (Å²) in [5.41, 5.74) is 1.84. The van der Waals surface area contributed by atoms with Gasteiger partial charge in [0.1, 0.15) is 5.69 Å². The quantitative estimate of drug-likeness (QED) is 0.679.